The lowest BCUT2D eigenvalue weighted by Gasteiger charge is -2.10. The Hall–Kier alpha value is -0.160. The zero-order valence-electron chi connectivity index (χ0n) is 13.2. The van der Waals surface area contributed by atoms with Crippen LogP contribution in [-0.2, 0) is 14.2 Å². The second kappa shape index (κ2) is 15.9. The van der Waals surface area contributed by atoms with E-state index in [1.54, 1.807) is 0 Å². The van der Waals surface area contributed by atoms with Crippen LogP contribution in [0.5, 0.6) is 0 Å². The zero-order chi connectivity index (χ0) is 14.2. The van der Waals surface area contributed by atoms with Gasteiger partial charge in [0, 0.05) is 13.2 Å². The number of unbranched alkanes of at least 4 members (excludes halogenated alkanes) is 4. The highest BCUT2D eigenvalue weighted by molar-refractivity contribution is 4.42. The molecular weight excluding hydrogens is 242 g/mol. The molecule has 116 valence electrons. The van der Waals surface area contributed by atoms with Gasteiger partial charge in [-0.2, -0.15) is 0 Å². The van der Waals surface area contributed by atoms with Gasteiger partial charge in [-0.15, -0.1) is 0 Å². The maximum atomic E-state index is 5.50. The largest absolute Gasteiger partial charge is 0.379 e. The first-order chi connectivity index (χ1) is 9.27. The minimum absolute atomic E-state index is 0.660. The van der Waals surface area contributed by atoms with Crippen LogP contribution in [0.15, 0.2) is 0 Å². The van der Waals surface area contributed by atoms with Gasteiger partial charge in [0.05, 0.1) is 33.0 Å². The van der Waals surface area contributed by atoms with E-state index in [4.69, 9.17) is 14.2 Å². The summed E-state index contributed by atoms with van der Waals surface area (Å²) in [5.41, 5.74) is 0. The fraction of sp³-hybridized carbons (Fsp3) is 1.00. The molecule has 0 saturated heterocycles. The molecule has 19 heavy (non-hydrogen) atoms. The van der Waals surface area contributed by atoms with Gasteiger partial charge in [0.25, 0.3) is 0 Å². The third kappa shape index (κ3) is 17.8. The van der Waals surface area contributed by atoms with Crippen molar-refractivity contribution in [1.29, 1.82) is 0 Å². The Labute approximate surface area is 119 Å². The van der Waals surface area contributed by atoms with Crippen molar-refractivity contribution < 1.29 is 14.2 Å². The van der Waals surface area contributed by atoms with Crippen molar-refractivity contribution >= 4 is 0 Å². The Morgan fingerprint density at radius 1 is 0.632 bits per heavy atom. The third-order valence-electron chi connectivity index (χ3n) is 2.82. The summed E-state index contributed by atoms with van der Waals surface area (Å²) in [7, 11) is 4.08. The summed E-state index contributed by atoms with van der Waals surface area (Å²) in [5, 5.41) is 0. The molecule has 0 unspecified atom stereocenters. The second-order valence-electron chi connectivity index (χ2n) is 5.05. The van der Waals surface area contributed by atoms with E-state index < -0.39 is 0 Å². The van der Waals surface area contributed by atoms with Crippen LogP contribution in [0.4, 0.5) is 0 Å². The van der Waals surface area contributed by atoms with Crippen molar-refractivity contribution in [2.75, 3.05) is 60.3 Å². The molecule has 0 aromatic carbocycles. The van der Waals surface area contributed by atoms with Gasteiger partial charge in [-0.3, -0.25) is 0 Å². The van der Waals surface area contributed by atoms with Crippen molar-refractivity contribution in [2.24, 2.45) is 0 Å². The van der Waals surface area contributed by atoms with Crippen LogP contribution in [0, 0.1) is 0 Å². The van der Waals surface area contributed by atoms with Crippen molar-refractivity contribution in [1.82, 2.24) is 4.90 Å². The Bertz CT molecular complexity index is 165. The Morgan fingerprint density at radius 2 is 1.16 bits per heavy atom. The lowest BCUT2D eigenvalue weighted by atomic mass is 10.2. The fourth-order valence-corrected chi connectivity index (χ4v) is 1.60. The SMILES string of the molecule is CCCCCCCOCCOCCOCCN(C)C. The monoisotopic (exact) mass is 275 g/mol. The molecule has 0 heterocycles. The molecule has 0 saturated carbocycles. The van der Waals surface area contributed by atoms with Crippen LogP contribution in [0.3, 0.4) is 0 Å². The summed E-state index contributed by atoms with van der Waals surface area (Å²) < 4.78 is 16.3. The average molecular weight is 275 g/mol. The van der Waals surface area contributed by atoms with E-state index in [9.17, 15) is 0 Å². The minimum Gasteiger partial charge on any atom is -0.379 e. The highest BCUT2D eigenvalue weighted by atomic mass is 16.5. The first-order valence-corrected chi connectivity index (χ1v) is 7.65. The quantitative estimate of drug-likeness (QED) is 0.430. The van der Waals surface area contributed by atoms with Crippen molar-refractivity contribution in [3.63, 3.8) is 0 Å². The second-order valence-corrected chi connectivity index (χ2v) is 5.05. The predicted octanol–water partition coefficient (Wildman–Crippen LogP) is 2.57. The molecule has 0 atom stereocenters. The van der Waals surface area contributed by atoms with Gasteiger partial charge in [0.2, 0.25) is 0 Å². The molecule has 0 rings (SSSR count). The highest BCUT2D eigenvalue weighted by Crippen LogP contribution is 2.02. The molecule has 0 radical (unpaired) electrons. The third-order valence-corrected chi connectivity index (χ3v) is 2.82. The van der Waals surface area contributed by atoms with Gasteiger partial charge in [-0.25, -0.2) is 0 Å². The number of hydrogen-bond donors (Lipinski definition) is 0. The van der Waals surface area contributed by atoms with Gasteiger partial charge in [-0.1, -0.05) is 32.6 Å². The van der Waals surface area contributed by atoms with Gasteiger partial charge in [0.15, 0.2) is 0 Å². The molecule has 0 fully saturated rings. The molecule has 0 N–H and O–H groups in total. The number of ether oxygens (including phenoxy) is 3. The van der Waals surface area contributed by atoms with Crippen LogP contribution < -0.4 is 0 Å². The normalized spacial score (nSPS) is 11.4. The molecule has 0 aromatic heterocycles. The van der Waals surface area contributed by atoms with Crippen molar-refractivity contribution in [3.05, 3.63) is 0 Å². The Balaban J connectivity index is 2.91. The average Bonchev–Trinajstić information content (AvgIpc) is 2.39. The predicted molar refractivity (Wildman–Crippen MR) is 79.8 cm³/mol. The summed E-state index contributed by atoms with van der Waals surface area (Å²) in [6, 6.07) is 0. The number of nitrogens with zero attached hydrogens (tertiary/aromatic N) is 1. The first-order valence-electron chi connectivity index (χ1n) is 7.65. The number of rotatable bonds is 15. The van der Waals surface area contributed by atoms with E-state index in [-0.39, 0.29) is 0 Å². The fourth-order valence-electron chi connectivity index (χ4n) is 1.60. The molecule has 4 heteroatoms. The van der Waals surface area contributed by atoms with Crippen LogP contribution in [0.1, 0.15) is 39.0 Å². The smallest absolute Gasteiger partial charge is 0.0701 e. The van der Waals surface area contributed by atoms with Crippen molar-refractivity contribution in [3.8, 4) is 0 Å². The lowest BCUT2D eigenvalue weighted by Crippen LogP contribution is -2.19. The van der Waals surface area contributed by atoms with E-state index in [2.05, 4.69) is 11.8 Å². The van der Waals surface area contributed by atoms with Crippen LogP contribution in [0.2, 0.25) is 0 Å². The minimum atomic E-state index is 0.660. The molecule has 0 aliphatic carbocycles. The summed E-state index contributed by atoms with van der Waals surface area (Å²) in [6.45, 7) is 7.53. The number of likely N-dealkylation sites (N-methyl/N-ethyl adjacent to an activating group) is 1. The van der Waals surface area contributed by atoms with Gasteiger partial charge in [-0.05, 0) is 20.5 Å². The van der Waals surface area contributed by atoms with E-state index in [1.165, 1.54) is 32.1 Å². The summed E-state index contributed by atoms with van der Waals surface area (Å²) in [5.74, 6) is 0. The maximum Gasteiger partial charge on any atom is 0.0701 e. The number of hydrogen-bond acceptors (Lipinski definition) is 4. The maximum absolute atomic E-state index is 5.50. The standard InChI is InChI=1S/C15H33NO3/c1-4-5-6-7-8-10-17-12-14-19-15-13-18-11-9-16(2)3/h4-15H2,1-3H3. The summed E-state index contributed by atoms with van der Waals surface area (Å²) in [6.07, 6.45) is 6.44. The van der Waals surface area contributed by atoms with E-state index in [1.807, 2.05) is 14.1 Å². The zero-order valence-corrected chi connectivity index (χ0v) is 13.2. The topological polar surface area (TPSA) is 30.9 Å². The molecule has 0 amide bonds. The molecule has 0 aliphatic heterocycles. The molecule has 0 spiro atoms. The molecule has 0 aliphatic rings. The van der Waals surface area contributed by atoms with Crippen LogP contribution in [0.25, 0.3) is 0 Å². The van der Waals surface area contributed by atoms with Gasteiger partial charge < -0.3 is 19.1 Å². The summed E-state index contributed by atoms with van der Waals surface area (Å²) in [4.78, 5) is 2.11. The van der Waals surface area contributed by atoms with Crippen LogP contribution in [-0.4, -0.2) is 65.2 Å². The van der Waals surface area contributed by atoms with Crippen LogP contribution >= 0.6 is 0 Å². The van der Waals surface area contributed by atoms with E-state index in [0.717, 1.165) is 19.8 Å². The lowest BCUT2D eigenvalue weighted by molar-refractivity contribution is 0.0117. The van der Waals surface area contributed by atoms with E-state index >= 15 is 0 Å². The van der Waals surface area contributed by atoms with Gasteiger partial charge >= 0.3 is 0 Å². The molecule has 4 nitrogen and oxygen atoms in total. The molecule has 0 bridgehead atoms. The Morgan fingerprint density at radius 3 is 1.74 bits per heavy atom. The highest BCUT2D eigenvalue weighted by Gasteiger charge is 1.93. The van der Waals surface area contributed by atoms with E-state index in [0.29, 0.717) is 26.4 Å². The van der Waals surface area contributed by atoms with Crippen molar-refractivity contribution in [2.45, 2.75) is 39.0 Å². The first kappa shape index (κ1) is 18.8. The summed E-state index contributed by atoms with van der Waals surface area (Å²) >= 11 is 0. The molecular formula is C15H33NO3. The van der Waals surface area contributed by atoms with Gasteiger partial charge in [0.1, 0.15) is 0 Å². The Kier molecular flexibility index (Phi) is 15.8. The molecule has 0 aromatic rings.